The van der Waals surface area contributed by atoms with E-state index in [-0.39, 0.29) is 17.8 Å². The Balaban J connectivity index is 1.71. The molecule has 13 heteroatoms. The molecule has 0 radical (unpaired) electrons. The fourth-order valence-electron chi connectivity index (χ4n) is 8.39. The van der Waals surface area contributed by atoms with Gasteiger partial charge in [0.1, 0.15) is 37.6 Å². The molecule has 1 aliphatic carbocycles. The van der Waals surface area contributed by atoms with Crippen molar-refractivity contribution >= 4 is 35.8 Å². The summed E-state index contributed by atoms with van der Waals surface area (Å²) in [6.45, 7) is 14.5. The zero-order valence-corrected chi connectivity index (χ0v) is 41.1. The van der Waals surface area contributed by atoms with Gasteiger partial charge in [-0.05, 0) is 134 Å². The first kappa shape index (κ1) is 54.4. The van der Waals surface area contributed by atoms with Gasteiger partial charge in [-0.1, -0.05) is 102 Å². The predicted molar refractivity (Wildman–Crippen MR) is 259 cm³/mol. The van der Waals surface area contributed by atoms with E-state index in [1.165, 1.54) is 80.5 Å². The molecule has 4 rings (SSSR count). The fraction of sp³-hybridized carbons (Fsp3) is 0.491. The van der Waals surface area contributed by atoms with Gasteiger partial charge in [0.2, 0.25) is 0 Å². The van der Waals surface area contributed by atoms with Crippen LogP contribution in [0.25, 0.3) is 22.3 Å². The van der Waals surface area contributed by atoms with Crippen molar-refractivity contribution in [3.63, 3.8) is 0 Å². The molecule has 1 saturated carbocycles. The summed E-state index contributed by atoms with van der Waals surface area (Å²) in [5.41, 5.74) is 7.22. The second-order valence-corrected chi connectivity index (χ2v) is 17.8. The van der Waals surface area contributed by atoms with Crippen molar-refractivity contribution in [2.75, 3.05) is 47.3 Å². The minimum Gasteiger partial charge on any atom is -0.492 e. The normalized spacial score (nSPS) is 14.5. The molecule has 1 aliphatic rings. The maximum atomic E-state index is 12.7. The SMILES string of the molecule is C=C(C)C(=O)OCCCc1cc(-c2ccc(-c3ccc(C4CCC(CCCCC)CC4)cc3)c(CC)c2)c(CC)cc1OCC(COC(=O)C(=C)C)(COC(=O)C(=O)OC)COC(=O)C(=O)OC. The lowest BCUT2D eigenvalue weighted by atomic mass is 9.77. The third-order valence-corrected chi connectivity index (χ3v) is 12.5. The summed E-state index contributed by atoms with van der Waals surface area (Å²) in [5.74, 6) is -4.81. The minimum absolute atomic E-state index is 0.0496. The maximum absolute atomic E-state index is 12.7. The van der Waals surface area contributed by atoms with Gasteiger partial charge in [0.25, 0.3) is 0 Å². The van der Waals surface area contributed by atoms with Crippen LogP contribution in [0.5, 0.6) is 5.75 Å². The molecule has 0 aromatic heterocycles. The number of carbonyl (C=O) groups is 6. The van der Waals surface area contributed by atoms with Crippen LogP contribution in [0, 0.1) is 11.3 Å². The van der Waals surface area contributed by atoms with E-state index in [0.717, 1.165) is 48.8 Å². The van der Waals surface area contributed by atoms with Gasteiger partial charge in [-0.3, -0.25) is 0 Å². The van der Waals surface area contributed by atoms with Crippen LogP contribution in [-0.4, -0.2) is 83.1 Å². The standard InChI is InChI=1S/C55H70O13/c1-10-13-14-16-38-18-20-41(21-19-38)42-22-24-43(25-23-42)46-27-26-44(29-39(46)11-2)47-30-45(17-15-28-64-49(56)36(4)5)48(31-40(47)12-3)65-32-55(33-66-50(57)37(6)7,34-67-53(60)51(58)62-8)35-68-54(61)52(59)63-9/h22-27,29-31,38,41H,4,6,10-21,28,32-35H2,1-3,5,7-9H3. The van der Waals surface area contributed by atoms with Crippen LogP contribution in [0.1, 0.15) is 121 Å². The predicted octanol–water partition coefficient (Wildman–Crippen LogP) is 9.97. The molecular formula is C55H70O13. The van der Waals surface area contributed by atoms with Crippen molar-refractivity contribution in [2.45, 2.75) is 118 Å². The van der Waals surface area contributed by atoms with Gasteiger partial charge in [0, 0.05) is 11.1 Å². The number of hydrogen-bond donors (Lipinski definition) is 0. The van der Waals surface area contributed by atoms with Crippen molar-refractivity contribution in [2.24, 2.45) is 11.3 Å². The molecule has 0 unspecified atom stereocenters. The second-order valence-electron chi connectivity index (χ2n) is 17.8. The molecule has 0 saturated heterocycles. The van der Waals surface area contributed by atoms with Crippen LogP contribution in [0.4, 0.5) is 0 Å². The summed E-state index contributed by atoms with van der Waals surface area (Å²) in [6.07, 6.45) is 12.6. The highest BCUT2D eigenvalue weighted by atomic mass is 16.6. The molecule has 0 amide bonds. The molecule has 68 heavy (non-hydrogen) atoms. The van der Waals surface area contributed by atoms with Crippen molar-refractivity contribution in [1.29, 1.82) is 0 Å². The summed E-state index contributed by atoms with van der Waals surface area (Å²) in [5, 5.41) is 0. The first-order chi connectivity index (χ1) is 32.6. The third kappa shape index (κ3) is 15.7. The zero-order valence-electron chi connectivity index (χ0n) is 41.1. The Morgan fingerprint density at radius 2 is 1.12 bits per heavy atom. The first-order valence-corrected chi connectivity index (χ1v) is 23.8. The smallest absolute Gasteiger partial charge is 0.417 e. The largest absolute Gasteiger partial charge is 0.492 e. The van der Waals surface area contributed by atoms with Crippen LogP contribution in [-0.2, 0) is 76.5 Å². The third-order valence-electron chi connectivity index (χ3n) is 12.5. The number of benzene rings is 3. The van der Waals surface area contributed by atoms with Crippen LogP contribution in [0.15, 0.2) is 78.9 Å². The highest BCUT2D eigenvalue weighted by Gasteiger charge is 2.39. The molecule has 1 fully saturated rings. The average molecular weight is 939 g/mol. The summed E-state index contributed by atoms with van der Waals surface area (Å²) in [4.78, 5) is 74.2. The molecule has 3 aromatic rings. The number of unbranched alkanes of at least 4 members (excludes halogenated alkanes) is 2. The van der Waals surface area contributed by atoms with Crippen LogP contribution < -0.4 is 4.74 Å². The molecule has 0 heterocycles. The Morgan fingerprint density at radius 1 is 0.574 bits per heavy atom. The highest BCUT2D eigenvalue weighted by molar-refractivity contribution is 6.30. The van der Waals surface area contributed by atoms with E-state index in [4.69, 9.17) is 23.7 Å². The van der Waals surface area contributed by atoms with E-state index in [1.54, 1.807) is 6.92 Å². The zero-order chi connectivity index (χ0) is 49.8. The van der Waals surface area contributed by atoms with E-state index in [2.05, 4.69) is 78.9 Å². The lowest BCUT2D eigenvalue weighted by molar-refractivity contribution is -0.177. The lowest BCUT2D eigenvalue weighted by Crippen LogP contribution is -2.45. The Hall–Kier alpha value is -6.24. The number of methoxy groups -OCH3 is 2. The average Bonchev–Trinajstić information content (AvgIpc) is 3.36. The molecule has 0 spiro atoms. The summed E-state index contributed by atoms with van der Waals surface area (Å²) in [7, 11) is 2.00. The van der Waals surface area contributed by atoms with Gasteiger partial charge >= 0.3 is 35.8 Å². The molecule has 368 valence electrons. The number of esters is 6. The summed E-state index contributed by atoms with van der Waals surface area (Å²) in [6, 6.07) is 19.6. The van der Waals surface area contributed by atoms with E-state index in [1.807, 2.05) is 19.1 Å². The number of hydrogen-bond acceptors (Lipinski definition) is 13. The van der Waals surface area contributed by atoms with E-state index in [9.17, 15) is 28.8 Å². The monoisotopic (exact) mass is 938 g/mol. The van der Waals surface area contributed by atoms with Crippen molar-refractivity contribution < 1.29 is 61.9 Å². The van der Waals surface area contributed by atoms with E-state index >= 15 is 0 Å². The van der Waals surface area contributed by atoms with Gasteiger partial charge in [-0.2, -0.15) is 0 Å². The Morgan fingerprint density at radius 3 is 1.66 bits per heavy atom. The first-order valence-electron chi connectivity index (χ1n) is 23.8. The second kappa shape index (κ2) is 26.9. The lowest BCUT2D eigenvalue weighted by Gasteiger charge is -2.32. The highest BCUT2D eigenvalue weighted by Crippen LogP contribution is 2.40. The topological polar surface area (TPSA) is 167 Å². The van der Waals surface area contributed by atoms with Gasteiger partial charge in [0.05, 0.1) is 20.8 Å². The van der Waals surface area contributed by atoms with E-state index < -0.39 is 67.7 Å². The van der Waals surface area contributed by atoms with Gasteiger partial charge in [-0.25, -0.2) is 28.8 Å². The minimum atomic E-state index is -1.69. The van der Waals surface area contributed by atoms with Crippen molar-refractivity contribution in [1.82, 2.24) is 0 Å². The van der Waals surface area contributed by atoms with Gasteiger partial charge in [0.15, 0.2) is 0 Å². The van der Waals surface area contributed by atoms with Crippen LogP contribution in [0.2, 0.25) is 0 Å². The fourth-order valence-corrected chi connectivity index (χ4v) is 8.39. The Labute approximate surface area is 401 Å². The maximum Gasteiger partial charge on any atom is 0.417 e. The Kier molecular flexibility index (Phi) is 21.5. The molecule has 0 bridgehead atoms. The van der Waals surface area contributed by atoms with Gasteiger partial charge < -0.3 is 33.2 Å². The van der Waals surface area contributed by atoms with Crippen LogP contribution in [0.3, 0.4) is 0 Å². The van der Waals surface area contributed by atoms with Gasteiger partial charge in [-0.15, -0.1) is 0 Å². The Bertz CT molecular complexity index is 2220. The van der Waals surface area contributed by atoms with Crippen LogP contribution >= 0.6 is 0 Å². The number of ether oxygens (including phenoxy) is 7. The number of aryl methyl sites for hydroxylation is 3. The molecule has 0 N–H and O–H groups in total. The quantitative estimate of drug-likeness (QED) is 0.0274. The molecule has 0 atom stereocenters. The molecular weight excluding hydrogens is 869 g/mol. The molecule has 3 aromatic carbocycles. The van der Waals surface area contributed by atoms with E-state index in [0.29, 0.717) is 30.9 Å². The molecule has 13 nitrogen and oxygen atoms in total. The number of rotatable bonds is 24. The van der Waals surface area contributed by atoms with Crippen molar-refractivity contribution in [3.8, 4) is 28.0 Å². The number of carbonyl (C=O) groups excluding carboxylic acids is 6. The van der Waals surface area contributed by atoms with Crippen molar-refractivity contribution in [3.05, 3.63) is 101 Å². The summed E-state index contributed by atoms with van der Waals surface area (Å²) < 4.78 is 37.0. The molecule has 0 aliphatic heterocycles. The summed E-state index contributed by atoms with van der Waals surface area (Å²) >= 11 is 0.